The van der Waals surface area contributed by atoms with E-state index in [4.69, 9.17) is 0 Å². The third-order valence-electron chi connectivity index (χ3n) is 3.91. The molecule has 0 spiro atoms. The van der Waals surface area contributed by atoms with E-state index in [9.17, 15) is 14.5 Å². The molecular weight excluding hydrogens is 271 g/mol. The number of halogens is 1. The Morgan fingerprint density at radius 1 is 1.29 bits per heavy atom. The highest BCUT2D eigenvalue weighted by Gasteiger charge is 2.22. The Morgan fingerprint density at radius 2 is 2.10 bits per heavy atom. The summed E-state index contributed by atoms with van der Waals surface area (Å²) >= 11 is 0. The van der Waals surface area contributed by atoms with Crippen LogP contribution in [0.25, 0.3) is 0 Å². The Balaban J connectivity index is 1.77. The lowest BCUT2D eigenvalue weighted by atomic mass is 10.1. The first-order chi connectivity index (χ1) is 10.1. The number of hydrogen-bond acceptors (Lipinski definition) is 3. The molecule has 0 radical (unpaired) electrons. The largest absolute Gasteiger partial charge is 0.306 e. The van der Waals surface area contributed by atoms with Gasteiger partial charge in [-0.3, -0.25) is 10.1 Å². The summed E-state index contributed by atoms with van der Waals surface area (Å²) in [6.07, 6.45) is 1.96. The zero-order chi connectivity index (χ0) is 14.8. The van der Waals surface area contributed by atoms with Gasteiger partial charge in [0.25, 0.3) is 5.69 Å². The molecule has 0 aliphatic heterocycles. The third kappa shape index (κ3) is 2.78. The topological polar surface area (TPSA) is 55.2 Å². The Hall–Kier alpha value is -2.27. The van der Waals surface area contributed by atoms with Crippen molar-refractivity contribution in [2.24, 2.45) is 0 Å². The zero-order valence-electron chi connectivity index (χ0n) is 11.4. The summed E-state index contributed by atoms with van der Waals surface area (Å²) in [5.74, 6) is -0.454. The van der Waals surface area contributed by atoms with Crippen LogP contribution in [-0.4, -0.2) is 4.92 Å². The first-order valence-electron chi connectivity index (χ1n) is 6.89. The highest BCUT2D eigenvalue weighted by atomic mass is 19.1. The Bertz CT molecular complexity index is 688. The van der Waals surface area contributed by atoms with E-state index in [-0.39, 0.29) is 18.3 Å². The molecule has 2 aromatic rings. The van der Waals surface area contributed by atoms with E-state index in [0.29, 0.717) is 5.56 Å². The second-order valence-electron chi connectivity index (χ2n) is 5.20. The molecule has 1 unspecified atom stereocenters. The van der Waals surface area contributed by atoms with E-state index < -0.39 is 10.7 Å². The van der Waals surface area contributed by atoms with Crippen molar-refractivity contribution in [1.82, 2.24) is 5.32 Å². The Labute approximate surface area is 121 Å². The van der Waals surface area contributed by atoms with Crippen molar-refractivity contribution in [1.29, 1.82) is 0 Å². The highest BCUT2D eigenvalue weighted by molar-refractivity contribution is 5.41. The fraction of sp³-hybridized carbons (Fsp3) is 0.250. The molecule has 5 heteroatoms. The molecular formula is C16H15FN2O2. The van der Waals surface area contributed by atoms with Crippen molar-refractivity contribution in [2.75, 3.05) is 0 Å². The van der Waals surface area contributed by atoms with Crippen molar-refractivity contribution in [3.63, 3.8) is 0 Å². The summed E-state index contributed by atoms with van der Waals surface area (Å²) < 4.78 is 13.3. The number of nitro benzene ring substituents is 1. The van der Waals surface area contributed by atoms with Crippen molar-refractivity contribution in [3.05, 3.63) is 75.1 Å². The minimum absolute atomic E-state index is 0.0461. The van der Waals surface area contributed by atoms with Crippen molar-refractivity contribution in [2.45, 2.75) is 25.4 Å². The van der Waals surface area contributed by atoms with Crippen molar-refractivity contribution >= 4 is 5.69 Å². The van der Waals surface area contributed by atoms with E-state index in [0.717, 1.165) is 18.9 Å². The molecule has 21 heavy (non-hydrogen) atoms. The van der Waals surface area contributed by atoms with E-state index >= 15 is 0 Å². The summed E-state index contributed by atoms with van der Waals surface area (Å²) in [6.45, 7) is 0.285. The normalized spacial score (nSPS) is 16.7. The van der Waals surface area contributed by atoms with Crippen LogP contribution in [0.1, 0.15) is 29.2 Å². The molecule has 1 N–H and O–H groups in total. The predicted molar refractivity (Wildman–Crippen MR) is 77.4 cm³/mol. The van der Waals surface area contributed by atoms with E-state index in [1.165, 1.54) is 23.3 Å². The number of nitrogens with one attached hydrogen (secondary N) is 1. The lowest BCUT2D eigenvalue weighted by Gasteiger charge is -2.14. The molecule has 2 aromatic carbocycles. The molecule has 0 saturated heterocycles. The van der Waals surface area contributed by atoms with Gasteiger partial charge < -0.3 is 5.32 Å². The second kappa shape index (κ2) is 5.61. The van der Waals surface area contributed by atoms with E-state index in [1.54, 1.807) is 0 Å². The van der Waals surface area contributed by atoms with Crippen LogP contribution in [0.3, 0.4) is 0 Å². The zero-order valence-corrected chi connectivity index (χ0v) is 11.4. The van der Waals surface area contributed by atoms with Crippen LogP contribution in [0.15, 0.2) is 42.5 Å². The highest BCUT2D eigenvalue weighted by Crippen LogP contribution is 2.31. The van der Waals surface area contributed by atoms with Crippen LogP contribution >= 0.6 is 0 Å². The molecule has 108 valence electrons. The van der Waals surface area contributed by atoms with Crippen molar-refractivity contribution < 1.29 is 9.31 Å². The summed E-state index contributed by atoms with van der Waals surface area (Å²) in [4.78, 5) is 10.5. The van der Waals surface area contributed by atoms with Gasteiger partial charge in [-0.1, -0.05) is 24.3 Å². The lowest BCUT2D eigenvalue weighted by Crippen LogP contribution is -2.19. The smallest absolute Gasteiger partial charge is 0.274 e. The summed E-state index contributed by atoms with van der Waals surface area (Å²) in [7, 11) is 0. The second-order valence-corrected chi connectivity index (χ2v) is 5.20. The molecule has 0 fully saturated rings. The monoisotopic (exact) mass is 286 g/mol. The SMILES string of the molecule is O=[N+]([O-])c1ccc(F)cc1CNC1CCc2ccccc21. The third-order valence-corrected chi connectivity index (χ3v) is 3.91. The fourth-order valence-corrected chi connectivity index (χ4v) is 2.88. The van der Waals surface area contributed by atoms with Gasteiger partial charge in [-0.25, -0.2) is 4.39 Å². The van der Waals surface area contributed by atoms with Crippen LogP contribution in [0.5, 0.6) is 0 Å². The van der Waals surface area contributed by atoms with Gasteiger partial charge in [0, 0.05) is 24.2 Å². The van der Waals surface area contributed by atoms with Gasteiger partial charge in [0.05, 0.1) is 4.92 Å². The Morgan fingerprint density at radius 3 is 2.90 bits per heavy atom. The average Bonchev–Trinajstić information content (AvgIpc) is 2.88. The minimum atomic E-state index is -0.473. The van der Waals surface area contributed by atoms with Crippen LogP contribution in [0.4, 0.5) is 10.1 Å². The molecule has 1 atom stereocenters. The number of aryl methyl sites for hydroxylation is 1. The van der Waals surface area contributed by atoms with Gasteiger partial charge in [0.15, 0.2) is 0 Å². The van der Waals surface area contributed by atoms with Gasteiger partial charge in [-0.15, -0.1) is 0 Å². The maximum absolute atomic E-state index is 13.3. The van der Waals surface area contributed by atoms with Gasteiger partial charge in [0.1, 0.15) is 5.82 Å². The van der Waals surface area contributed by atoms with Crippen LogP contribution in [0.2, 0.25) is 0 Å². The number of rotatable bonds is 4. The van der Waals surface area contributed by atoms with Crippen LogP contribution in [-0.2, 0) is 13.0 Å². The van der Waals surface area contributed by atoms with E-state index in [2.05, 4.69) is 17.4 Å². The van der Waals surface area contributed by atoms with Crippen molar-refractivity contribution in [3.8, 4) is 0 Å². The first-order valence-corrected chi connectivity index (χ1v) is 6.89. The quantitative estimate of drug-likeness (QED) is 0.691. The maximum atomic E-state index is 13.3. The van der Waals surface area contributed by atoms with Gasteiger partial charge in [0.2, 0.25) is 0 Å². The molecule has 1 aliphatic rings. The molecule has 4 nitrogen and oxygen atoms in total. The standard InChI is InChI=1S/C16H15FN2O2/c17-13-6-8-16(19(20)21)12(9-13)10-18-15-7-5-11-3-1-2-4-14(11)15/h1-4,6,8-9,15,18H,5,7,10H2. The molecule has 0 aromatic heterocycles. The maximum Gasteiger partial charge on any atom is 0.274 e. The lowest BCUT2D eigenvalue weighted by molar-refractivity contribution is -0.385. The number of nitrogens with zero attached hydrogens (tertiary/aromatic N) is 1. The number of hydrogen-bond donors (Lipinski definition) is 1. The number of benzene rings is 2. The van der Waals surface area contributed by atoms with Gasteiger partial charge >= 0.3 is 0 Å². The molecule has 1 aliphatic carbocycles. The minimum Gasteiger partial charge on any atom is -0.306 e. The summed E-state index contributed by atoms with van der Waals surface area (Å²) in [5.41, 5.74) is 2.87. The summed E-state index contributed by atoms with van der Waals surface area (Å²) in [5, 5.41) is 14.3. The molecule has 0 bridgehead atoms. The molecule has 0 saturated carbocycles. The van der Waals surface area contributed by atoms with Gasteiger partial charge in [-0.05, 0) is 36.1 Å². The fourth-order valence-electron chi connectivity index (χ4n) is 2.88. The Kier molecular flexibility index (Phi) is 3.66. The molecule has 0 heterocycles. The van der Waals surface area contributed by atoms with Crippen LogP contribution < -0.4 is 5.32 Å². The summed E-state index contributed by atoms with van der Waals surface area (Å²) in [6, 6.07) is 11.9. The average molecular weight is 286 g/mol. The van der Waals surface area contributed by atoms with Crippen LogP contribution in [0, 0.1) is 15.9 Å². The van der Waals surface area contributed by atoms with Gasteiger partial charge in [-0.2, -0.15) is 0 Å². The number of nitro groups is 1. The first kappa shape index (κ1) is 13.7. The molecule has 3 rings (SSSR count). The predicted octanol–water partition coefficient (Wildman–Crippen LogP) is 3.51. The number of fused-ring (bicyclic) bond motifs is 1. The van der Waals surface area contributed by atoms with E-state index in [1.807, 2.05) is 12.1 Å². The molecule has 0 amide bonds.